The number of amides is 3. The molecule has 27 heavy (non-hydrogen) atoms. The van der Waals surface area contributed by atoms with E-state index in [0.717, 1.165) is 17.3 Å². The van der Waals surface area contributed by atoms with Gasteiger partial charge in [0.15, 0.2) is 0 Å². The number of benzene rings is 1. The van der Waals surface area contributed by atoms with E-state index in [1.807, 2.05) is 24.0 Å². The molecule has 7 nitrogen and oxygen atoms in total. The molecule has 1 saturated heterocycles. The molecule has 1 aromatic rings. The molecule has 1 fully saturated rings. The highest BCUT2D eigenvalue weighted by Crippen LogP contribution is 2.19. The predicted octanol–water partition coefficient (Wildman–Crippen LogP) is 2.55. The Bertz CT molecular complexity index is 665. The van der Waals surface area contributed by atoms with Gasteiger partial charge in [-0.2, -0.15) is 0 Å². The Morgan fingerprint density at radius 1 is 1.26 bits per heavy atom. The predicted molar refractivity (Wildman–Crippen MR) is 105 cm³/mol. The number of hydrogen-bond acceptors (Lipinski definition) is 4. The Labute approximate surface area is 167 Å². The molecule has 2 rings (SSSR count). The number of carbonyl (C=O) groups excluding carboxylic acids is 3. The second-order valence-electron chi connectivity index (χ2n) is 6.78. The quantitative estimate of drug-likeness (QED) is 0.682. The van der Waals surface area contributed by atoms with Crippen molar-refractivity contribution in [1.82, 2.24) is 15.5 Å². The summed E-state index contributed by atoms with van der Waals surface area (Å²) in [5, 5.41) is 5.53. The zero-order valence-corrected chi connectivity index (χ0v) is 17.3. The highest BCUT2D eigenvalue weighted by Gasteiger charge is 2.29. The van der Waals surface area contributed by atoms with Gasteiger partial charge in [0.1, 0.15) is 0 Å². The molecule has 1 aliphatic heterocycles. The van der Waals surface area contributed by atoms with E-state index in [-0.39, 0.29) is 23.8 Å². The fourth-order valence-corrected chi connectivity index (χ4v) is 3.37. The van der Waals surface area contributed by atoms with E-state index in [1.165, 1.54) is 7.11 Å². The van der Waals surface area contributed by atoms with Crippen LogP contribution in [0.25, 0.3) is 0 Å². The zero-order chi connectivity index (χ0) is 19.8. The summed E-state index contributed by atoms with van der Waals surface area (Å²) in [4.78, 5) is 37.8. The van der Waals surface area contributed by atoms with Gasteiger partial charge in [-0.1, -0.05) is 22.9 Å². The Hall–Kier alpha value is -2.09. The number of ether oxygens (including phenoxy) is 1. The first-order valence-electron chi connectivity index (χ1n) is 9.05. The van der Waals surface area contributed by atoms with Crippen molar-refractivity contribution >= 4 is 33.8 Å². The molecule has 1 aromatic carbocycles. The van der Waals surface area contributed by atoms with Crippen molar-refractivity contribution in [2.45, 2.75) is 32.2 Å². The van der Waals surface area contributed by atoms with Crippen LogP contribution in [0.2, 0.25) is 0 Å². The van der Waals surface area contributed by atoms with Gasteiger partial charge in [-0.15, -0.1) is 0 Å². The zero-order valence-electron chi connectivity index (χ0n) is 15.7. The Morgan fingerprint density at radius 3 is 2.63 bits per heavy atom. The van der Waals surface area contributed by atoms with E-state index in [0.29, 0.717) is 31.6 Å². The average molecular weight is 440 g/mol. The van der Waals surface area contributed by atoms with Crippen molar-refractivity contribution in [3.8, 4) is 0 Å². The molecule has 2 unspecified atom stereocenters. The molecule has 0 aliphatic carbocycles. The van der Waals surface area contributed by atoms with Crippen LogP contribution in [-0.4, -0.2) is 55.6 Å². The maximum absolute atomic E-state index is 12.6. The number of nitrogens with one attached hydrogen (secondary N) is 2. The lowest BCUT2D eigenvalue weighted by Gasteiger charge is -2.26. The SMILES string of the molecule is COC(=O)NCC(C)CC(=O)N1CCCC1CNC(=O)c1ccc(Br)cc1. The molecule has 1 heterocycles. The summed E-state index contributed by atoms with van der Waals surface area (Å²) in [6.07, 6.45) is 1.66. The minimum Gasteiger partial charge on any atom is -0.453 e. The van der Waals surface area contributed by atoms with E-state index in [9.17, 15) is 14.4 Å². The van der Waals surface area contributed by atoms with Gasteiger partial charge < -0.3 is 20.3 Å². The molecular weight excluding hydrogens is 414 g/mol. The topological polar surface area (TPSA) is 87.7 Å². The Kier molecular flexibility index (Phi) is 8.09. The van der Waals surface area contributed by atoms with Crippen molar-refractivity contribution in [2.24, 2.45) is 5.92 Å². The molecule has 0 radical (unpaired) electrons. The molecule has 2 atom stereocenters. The van der Waals surface area contributed by atoms with Gasteiger partial charge in [0, 0.05) is 42.1 Å². The lowest BCUT2D eigenvalue weighted by atomic mass is 10.1. The van der Waals surface area contributed by atoms with Crippen LogP contribution in [-0.2, 0) is 9.53 Å². The van der Waals surface area contributed by atoms with Crippen molar-refractivity contribution in [2.75, 3.05) is 26.7 Å². The minimum atomic E-state index is -0.496. The van der Waals surface area contributed by atoms with Crippen LogP contribution in [0.4, 0.5) is 4.79 Å². The highest BCUT2D eigenvalue weighted by atomic mass is 79.9. The molecule has 0 bridgehead atoms. The van der Waals surface area contributed by atoms with Crippen LogP contribution in [0.15, 0.2) is 28.7 Å². The van der Waals surface area contributed by atoms with Gasteiger partial charge in [0.25, 0.3) is 5.91 Å². The molecule has 8 heteroatoms. The smallest absolute Gasteiger partial charge is 0.406 e. The average Bonchev–Trinajstić information content (AvgIpc) is 3.13. The normalized spacial score (nSPS) is 17.3. The standard InChI is InChI=1S/C19H26BrN3O4/c1-13(11-22-19(26)27-2)10-17(24)23-9-3-4-16(23)12-21-18(25)14-5-7-15(20)8-6-14/h5-8,13,16H,3-4,9-12H2,1-2H3,(H,21,25)(H,22,26). The third kappa shape index (κ3) is 6.53. The lowest BCUT2D eigenvalue weighted by Crippen LogP contribution is -2.44. The largest absolute Gasteiger partial charge is 0.453 e. The summed E-state index contributed by atoms with van der Waals surface area (Å²) < 4.78 is 5.45. The minimum absolute atomic E-state index is 0.00945. The van der Waals surface area contributed by atoms with E-state index in [2.05, 4.69) is 31.3 Å². The van der Waals surface area contributed by atoms with E-state index >= 15 is 0 Å². The Morgan fingerprint density at radius 2 is 1.96 bits per heavy atom. The number of halogens is 1. The summed E-state index contributed by atoms with van der Waals surface area (Å²) in [7, 11) is 1.31. The summed E-state index contributed by atoms with van der Waals surface area (Å²) in [6.45, 7) is 3.44. The first kappa shape index (κ1) is 21.2. The number of carbonyl (C=O) groups is 3. The maximum atomic E-state index is 12.6. The summed E-state index contributed by atoms with van der Waals surface area (Å²) >= 11 is 3.35. The molecule has 3 amide bonds. The molecule has 2 N–H and O–H groups in total. The number of hydrogen-bond donors (Lipinski definition) is 2. The number of likely N-dealkylation sites (tertiary alicyclic amines) is 1. The fraction of sp³-hybridized carbons (Fsp3) is 0.526. The number of nitrogens with zero attached hydrogens (tertiary/aromatic N) is 1. The Balaban J connectivity index is 1.81. The first-order valence-corrected chi connectivity index (χ1v) is 9.85. The van der Waals surface area contributed by atoms with Crippen molar-refractivity contribution in [1.29, 1.82) is 0 Å². The molecule has 148 valence electrons. The molecule has 1 aliphatic rings. The van der Waals surface area contributed by atoms with Gasteiger partial charge in [-0.05, 0) is 43.0 Å². The van der Waals surface area contributed by atoms with Gasteiger partial charge >= 0.3 is 6.09 Å². The second kappa shape index (κ2) is 10.3. The van der Waals surface area contributed by atoms with E-state index in [4.69, 9.17) is 0 Å². The van der Waals surface area contributed by atoms with Gasteiger partial charge in [0.2, 0.25) is 5.91 Å². The maximum Gasteiger partial charge on any atom is 0.406 e. The van der Waals surface area contributed by atoms with Crippen LogP contribution >= 0.6 is 15.9 Å². The second-order valence-corrected chi connectivity index (χ2v) is 7.70. The third-order valence-electron chi connectivity index (χ3n) is 4.61. The lowest BCUT2D eigenvalue weighted by molar-refractivity contribution is -0.132. The molecular formula is C19H26BrN3O4. The van der Waals surface area contributed by atoms with Crippen molar-refractivity contribution < 1.29 is 19.1 Å². The number of rotatable bonds is 7. The summed E-state index contributed by atoms with van der Waals surface area (Å²) in [5.41, 5.74) is 0.594. The highest BCUT2D eigenvalue weighted by molar-refractivity contribution is 9.10. The number of alkyl carbamates (subject to hydrolysis) is 1. The molecule has 0 saturated carbocycles. The summed E-state index contributed by atoms with van der Waals surface area (Å²) in [6, 6.07) is 7.17. The molecule has 0 spiro atoms. The summed E-state index contributed by atoms with van der Waals surface area (Å²) in [5.74, 6) is -0.0813. The van der Waals surface area contributed by atoms with Crippen LogP contribution in [0, 0.1) is 5.92 Å². The van der Waals surface area contributed by atoms with E-state index < -0.39 is 6.09 Å². The third-order valence-corrected chi connectivity index (χ3v) is 5.13. The van der Waals surface area contributed by atoms with E-state index in [1.54, 1.807) is 12.1 Å². The first-order chi connectivity index (χ1) is 12.9. The van der Waals surface area contributed by atoms with Crippen LogP contribution in [0.3, 0.4) is 0 Å². The number of methoxy groups -OCH3 is 1. The van der Waals surface area contributed by atoms with Crippen molar-refractivity contribution in [3.05, 3.63) is 34.3 Å². The van der Waals surface area contributed by atoms with Crippen LogP contribution in [0.1, 0.15) is 36.5 Å². The fourth-order valence-electron chi connectivity index (χ4n) is 3.11. The monoisotopic (exact) mass is 439 g/mol. The van der Waals surface area contributed by atoms with Crippen molar-refractivity contribution in [3.63, 3.8) is 0 Å². The molecule has 0 aromatic heterocycles. The van der Waals surface area contributed by atoms with Crippen LogP contribution < -0.4 is 10.6 Å². The van der Waals surface area contributed by atoms with Gasteiger partial charge in [-0.25, -0.2) is 4.79 Å². The van der Waals surface area contributed by atoms with Gasteiger partial charge in [-0.3, -0.25) is 9.59 Å². The van der Waals surface area contributed by atoms with Crippen LogP contribution in [0.5, 0.6) is 0 Å². The van der Waals surface area contributed by atoms with Gasteiger partial charge in [0.05, 0.1) is 7.11 Å².